The molecule has 0 fully saturated rings. The van der Waals surface area contributed by atoms with Crippen molar-refractivity contribution in [1.82, 2.24) is 0 Å². The fourth-order valence-corrected chi connectivity index (χ4v) is 5.34. The number of rotatable bonds is 6. The van der Waals surface area contributed by atoms with Gasteiger partial charge in [-0.25, -0.2) is 0 Å². The van der Waals surface area contributed by atoms with Gasteiger partial charge in [0.15, 0.2) is 0 Å². The van der Waals surface area contributed by atoms with E-state index in [1.54, 1.807) is 0 Å². The highest BCUT2D eigenvalue weighted by molar-refractivity contribution is 8.00. The number of hydrogen-bond donors (Lipinski definition) is 0. The Hall–Kier alpha value is -2.19. The molecule has 0 spiro atoms. The van der Waals surface area contributed by atoms with Crippen molar-refractivity contribution >= 4 is 35.0 Å². The summed E-state index contributed by atoms with van der Waals surface area (Å²) in [5.41, 5.74) is 4.89. The Labute approximate surface area is 186 Å². The highest BCUT2D eigenvalue weighted by atomic mass is 35.5. The van der Waals surface area contributed by atoms with Crippen LogP contribution in [0.1, 0.15) is 32.8 Å². The molecule has 0 amide bonds. The molecule has 4 aromatic rings. The smallest absolute Gasteiger partial charge is 0.0556 e. The third-order valence-electron chi connectivity index (χ3n) is 4.78. The number of hydrogen-bond acceptors (Lipinski definition) is 1. The molecule has 0 nitrogen and oxygen atoms in total. The first kappa shape index (κ1) is 20.1. The van der Waals surface area contributed by atoms with Gasteiger partial charge in [-0.2, -0.15) is 0 Å². The van der Waals surface area contributed by atoms with Gasteiger partial charge in [0, 0.05) is 10.0 Å². The molecule has 0 aliphatic carbocycles. The fraction of sp³-hybridized carbons (Fsp3) is 0.0769. The third-order valence-corrected chi connectivity index (χ3v) is 6.88. The second kappa shape index (κ2) is 9.54. The molecule has 144 valence electrons. The van der Waals surface area contributed by atoms with Crippen LogP contribution in [0, 0.1) is 0 Å². The Bertz CT molecular complexity index is 977. The Balaban J connectivity index is 1.80. The minimum Gasteiger partial charge on any atom is -0.136 e. The topological polar surface area (TPSA) is 0 Å². The molecule has 0 aliphatic rings. The fourth-order valence-electron chi connectivity index (χ4n) is 3.43. The molecule has 0 saturated carbocycles. The quantitative estimate of drug-likeness (QED) is 0.292. The minimum absolute atomic E-state index is 0.138. The highest BCUT2D eigenvalue weighted by Crippen LogP contribution is 2.48. The predicted octanol–water partition coefficient (Wildman–Crippen LogP) is 8.61. The molecule has 0 radical (unpaired) electrons. The zero-order chi connectivity index (χ0) is 20.1. The van der Waals surface area contributed by atoms with Gasteiger partial charge in [-0.05, 0) is 46.5 Å². The zero-order valence-electron chi connectivity index (χ0n) is 15.7. The van der Waals surface area contributed by atoms with E-state index in [0.717, 1.165) is 10.0 Å². The Morgan fingerprint density at radius 3 is 1.21 bits per heavy atom. The van der Waals surface area contributed by atoms with Crippen molar-refractivity contribution in [1.29, 1.82) is 0 Å². The van der Waals surface area contributed by atoms with Crippen LogP contribution in [0.4, 0.5) is 0 Å². The van der Waals surface area contributed by atoms with Crippen LogP contribution in [0.5, 0.6) is 0 Å². The number of benzene rings is 4. The maximum atomic E-state index is 6.34. The van der Waals surface area contributed by atoms with Crippen LogP contribution in [-0.4, -0.2) is 0 Å². The standard InChI is InChI=1S/C26H20Cl2S/c27-23-15-7-13-21(17-23)25(19-9-3-1-4-10-19)29-26(20-11-5-2-6-12-20)22-14-8-16-24(28)18-22/h1-18,25-26H. The molecule has 0 heterocycles. The summed E-state index contributed by atoms with van der Waals surface area (Å²) in [6.45, 7) is 0. The van der Waals surface area contributed by atoms with Gasteiger partial charge >= 0.3 is 0 Å². The van der Waals surface area contributed by atoms with Gasteiger partial charge in [-0.15, -0.1) is 11.8 Å². The molecule has 0 aliphatic heterocycles. The molecule has 4 rings (SSSR count). The first-order chi connectivity index (χ1) is 14.2. The van der Waals surface area contributed by atoms with Gasteiger partial charge in [0.2, 0.25) is 0 Å². The number of thioether (sulfide) groups is 1. The summed E-state index contributed by atoms with van der Waals surface area (Å²) in [6, 6.07) is 37.5. The normalized spacial score (nSPS) is 13.0. The van der Waals surface area contributed by atoms with E-state index in [1.165, 1.54) is 22.3 Å². The monoisotopic (exact) mass is 434 g/mol. The SMILES string of the molecule is Clc1cccc(C(SC(c2ccccc2)c2cccc(Cl)c2)c2ccccc2)c1. The first-order valence-electron chi connectivity index (χ1n) is 9.47. The molecule has 2 unspecified atom stereocenters. The Morgan fingerprint density at radius 1 is 0.448 bits per heavy atom. The van der Waals surface area contributed by atoms with Crippen LogP contribution in [0.25, 0.3) is 0 Å². The molecule has 3 heteroatoms. The molecular formula is C26H20Cl2S. The summed E-state index contributed by atoms with van der Waals surface area (Å²) in [5.74, 6) is 0. The number of halogens is 2. The van der Waals surface area contributed by atoms with Gasteiger partial charge in [-0.1, -0.05) is 108 Å². The van der Waals surface area contributed by atoms with Crippen LogP contribution >= 0.6 is 35.0 Å². The van der Waals surface area contributed by atoms with E-state index in [0.29, 0.717) is 0 Å². The van der Waals surface area contributed by atoms with Crippen LogP contribution in [-0.2, 0) is 0 Å². The highest BCUT2D eigenvalue weighted by Gasteiger charge is 2.23. The summed E-state index contributed by atoms with van der Waals surface area (Å²) < 4.78 is 0. The minimum atomic E-state index is 0.138. The molecule has 2 atom stereocenters. The largest absolute Gasteiger partial charge is 0.136 e. The lowest BCUT2D eigenvalue weighted by Gasteiger charge is -2.25. The van der Waals surface area contributed by atoms with E-state index in [1.807, 2.05) is 36.0 Å². The maximum Gasteiger partial charge on any atom is 0.0556 e. The average molecular weight is 435 g/mol. The summed E-state index contributed by atoms with van der Waals surface area (Å²) in [5, 5.41) is 1.78. The lowest BCUT2D eigenvalue weighted by molar-refractivity contribution is 1.10. The van der Waals surface area contributed by atoms with Crippen molar-refractivity contribution in [2.45, 2.75) is 10.5 Å². The average Bonchev–Trinajstić information content (AvgIpc) is 2.76. The zero-order valence-corrected chi connectivity index (χ0v) is 18.0. The van der Waals surface area contributed by atoms with E-state index in [2.05, 4.69) is 84.9 Å². The lowest BCUT2D eigenvalue weighted by Crippen LogP contribution is -2.04. The van der Waals surface area contributed by atoms with E-state index in [-0.39, 0.29) is 10.5 Å². The van der Waals surface area contributed by atoms with Crippen molar-refractivity contribution < 1.29 is 0 Å². The van der Waals surface area contributed by atoms with Crippen molar-refractivity contribution in [3.05, 3.63) is 141 Å². The van der Waals surface area contributed by atoms with Crippen LogP contribution in [0.2, 0.25) is 10.0 Å². The van der Waals surface area contributed by atoms with Crippen molar-refractivity contribution in [3.8, 4) is 0 Å². The Kier molecular flexibility index (Phi) is 6.61. The van der Waals surface area contributed by atoms with E-state index < -0.39 is 0 Å². The summed E-state index contributed by atoms with van der Waals surface area (Å²) in [6.07, 6.45) is 0. The van der Waals surface area contributed by atoms with Gasteiger partial charge < -0.3 is 0 Å². The van der Waals surface area contributed by atoms with Crippen molar-refractivity contribution in [3.63, 3.8) is 0 Å². The van der Waals surface area contributed by atoms with Gasteiger partial charge in [0.1, 0.15) is 0 Å². The van der Waals surface area contributed by atoms with Gasteiger partial charge in [0.25, 0.3) is 0 Å². The first-order valence-corrected chi connectivity index (χ1v) is 11.2. The van der Waals surface area contributed by atoms with Gasteiger partial charge in [-0.3, -0.25) is 0 Å². The summed E-state index contributed by atoms with van der Waals surface area (Å²) >= 11 is 14.6. The molecule has 0 bridgehead atoms. The molecule has 29 heavy (non-hydrogen) atoms. The second-order valence-electron chi connectivity index (χ2n) is 6.83. The molecule has 0 saturated heterocycles. The molecule has 4 aromatic carbocycles. The van der Waals surface area contributed by atoms with E-state index in [4.69, 9.17) is 23.2 Å². The van der Waals surface area contributed by atoms with Crippen molar-refractivity contribution in [2.24, 2.45) is 0 Å². The second-order valence-corrected chi connectivity index (χ2v) is 8.92. The third kappa shape index (κ3) is 5.05. The van der Waals surface area contributed by atoms with E-state index in [9.17, 15) is 0 Å². The molecule has 0 N–H and O–H groups in total. The Morgan fingerprint density at radius 2 is 0.828 bits per heavy atom. The predicted molar refractivity (Wildman–Crippen MR) is 127 cm³/mol. The van der Waals surface area contributed by atoms with Gasteiger partial charge in [0.05, 0.1) is 10.5 Å². The van der Waals surface area contributed by atoms with Crippen LogP contribution in [0.15, 0.2) is 109 Å². The summed E-state index contributed by atoms with van der Waals surface area (Å²) in [4.78, 5) is 0. The lowest BCUT2D eigenvalue weighted by atomic mass is 10.0. The van der Waals surface area contributed by atoms with E-state index >= 15 is 0 Å². The van der Waals surface area contributed by atoms with Crippen LogP contribution in [0.3, 0.4) is 0 Å². The summed E-state index contributed by atoms with van der Waals surface area (Å²) in [7, 11) is 0. The molecule has 0 aromatic heterocycles. The maximum absolute atomic E-state index is 6.34. The van der Waals surface area contributed by atoms with Crippen molar-refractivity contribution in [2.75, 3.05) is 0 Å². The van der Waals surface area contributed by atoms with Crippen LogP contribution < -0.4 is 0 Å². The molecular weight excluding hydrogens is 415 g/mol.